The second kappa shape index (κ2) is 8.23. The van der Waals surface area contributed by atoms with Gasteiger partial charge < -0.3 is 15.0 Å². The molecule has 1 atom stereocenters. The summed E-state index contributed by atoms with van der Waals surface area (Å²) in [5.74, 6) is -0.315. The highest BCUT2D eigenvalue weighted by molar-refractivity contribution is 6.33. The Balaban J connectivity index is 1.85. The summed E-state index contributed by atoms with van der Waals surface area (Å²) in [6, 6.07) is 14.3. The van der Waals surface area contributed by atoms with Crippen molar-refractivity contribution in [2.75, 3.05) is 18.5 Å². The number of amides is 2. The Hall–Kier alpha value is -2.53. The number of hydrogen-bond acceptors (Lipinski definition) is 3. The monoisotopic (exact) mass is 372 g/mol. The van der Waals surface area contributed by atoms with Gasteiger partial charge in [0, 0.05) is 6.54 Å². The largest absolute Gasteiger partial charge is 0.466 e. The molecule has 2 amide bonds. The Morgan fingerprint density at radius 2 is 1.92 bits per heavy atom. The topological polar surface area (TPSA) is 58.6 Å². The minimum absolute atomic E-state index is 0.126. The summed E-state index contributed by atoms with van der Waals surface area (Å²) in [5, 5.41) is 3.32. The number of fused-ring (bicyclic) bond motifs is 1. The second-order valence-corrected chi connectivity index (χ2v) is 6.48. The summed E-state index contributed by atoms with van der Waals surface area (Å²) in [6.07, 6.45) is 0.867. The van der Waals surface area contributed by atoms with Crippen LogP contribution in [0.1, 0.15) is 30.5 Å². The van der Waals surface area contributed by atoms with Gasteiger partial charge in [-0.1, -0.05) is 48.0 Å². The van der Waals surface area contributed by atoms with Crippen molar-refractivity contribution < 1.29 is 14.3 Å². The average Bonchev–Trinajstić information content (AvgIpc) is 2.64. The fourth-order valence-electron chi connectivity index (χ4n) is 3.24. The van der Waals surface area contributed by atoms with Gasteiger partial charge in [0.15, 0.2) is 0 Å². The lowest BCUT2D eigenvalue weighted by atomic mass is 9.91. The molecular formula is C20H21ClN2O3. The minimum Gasteiger partial charge on any atom is -0.466 e. The van der Waals surface area contributed by atoms with Crippen LogP contribution in [0.5, 0.6) is 0 Å². The highest BCUT2D eigenvalue weighted by Gasteiger charge is 2.32. The van der Waals surface area contributed by atoms with E-state index in [4.69, 9.17) is 16.3 Å². The van der Waals surface area contributed by atoms with Crippen LogP contribution in [0, 0.1) is 0 Å². The first kappa shape index (κ1) is 18.3. The van der Waals surface area contributed by atoms with Gasteiger partial charge in [-0.05, 0) is 36.6 Å². The number of nitrogens with one attached hydrogen (secondary N) is 1. The Morgan fingerprint density at radius 3 is 2.69 bits per heavy atom. The number of rotatable bonds is 4. The summed E-state index contributed by atoms with van der Waals surface area (Å²) < 4.78 is 5.11. The third-order valence-electron chi connectivity index (χ3n) is 4.45. The second-order valence-electron chi connectivity index (χ2n) is 6.08. The van der Waals surface area contributed by atoms with Crippen molar-refractivity contribution in [2.45, 2.75) is 25.8 Å². The maximum Gasteiger partial charge on any atom is 0.322 e. The van der Waals surface area contributed by atoms with Gasteiger partial charge in [0.25, 0.3) is 0 Å². The number of urea groups is 1. The Kier molecular flexibility index (Phi) is 5.78. The van der Waals surface area contributed by atoms with Crippen molar-refractivity contribution in [1.29, 1.82) is 0 Å². The molecule has 0 fully saturated rings. The van der Waals surface area contributed by atoms with E-state index in [0.717, 1.165) is 17.5 Å². The normalized spacial score (nSPS) is 15.9. The average molecular weight is 373 g/mol. The van der Waals surface area contributed by atoms with E-state index in [-0.39, 0.29) is 24.5 Å². The van der Waals surface area contributed by atoms with Gasteiger partial charge in [-0.2, -0.15) is 0 Å². The quantitative estimate of drug-likeness (QED) is 0.808. The van der Waals surface area contributed by atoms with Crippen molar-refractivity contribution in [3.05, 3.63) is 64.7 Å². The molecule has 1 N–H and O–H groups in total. The number of nitrogens with zero attached hydrogens (tertiary/aromatic N) is 1. The van der Waals surface area contributed by atoms with Crippen LogP contribution in [0.4, 0.5) is 10.5 Å². The molecule has 0 aromatic heterocycles. The molecule has 6 heteroatoms. The fraction of sp³-hybridized carbons (Fsp3) is 0.300. The predicted octanol–water partition coefficient (Wildman–Crippen LogP) is 4.42. The van der Waals surface area contributed by atoms with Crippen LogP contribution in [0.3, 0.4) is 0 Å². The van der Waals surface area contributed by atoms with Gasteiger partial charge in [0.2, 0.25) is 0 Å². The molecule has 2 aromatic rings. The SMILES string of the molecule is CCOC(=O)CC1c2ccccc2CCN1C(=O)Nc1ccccc1Cl. The van der Waals surface area contributed by atoms with E-state index < -0.39 is 0 Å². The number of carbonyl (C=O) groups is 2. The first-order valence-corrected chi connectivity index (χ1v) is 9.03. The lowest BCUT2D eigenvalue weighted by molar-refractivity contribution is -0.144. The van der Waals surface area contributed by atoms with Crippen LogP contribution < -0.4 is 5.32 Å². The summed E-state index contributed by atoms with van der Waals surface area (Å²) >= 11 is 6.14. The fourth-order valence-corrected chi connectivity index (χ4v) is 3.43. The third-order valence-corrected chi connectivity index (χ3v) is 4.78. The first-order chi connectivity index (χ1) is 12.6. The maximum absolute atomic E-state index is 12.9. The molecule has 0 radical (unpaired) electrons. The molecule has 1 aliphatic rings. The van der Waals surface area contributed by atoms with Crippen LogP contribution in [0.2, 0.25) is 5.02 Å². The number of anilines is 1. The zero-order chi connectivity index (χ0) is 18.5. The molecule has 26 heavy (non-hydrogen) atoms. The Morgan fingerprint density at radius 1 is 1.19 bits per heavy atom. The van der Waals surface area contributed by atoms with Crippen LogP contribution >= 0.6 is 11.6 Å². The lowest BCUT2D eigenvalue weighted by Gasteiger charge is -2.37. The number of benzene rings is 2. The molecule has 3 rings (SSSR count). The zero-order valence-corrected chi connectivity index (χ0v) is 15.3. The summed E-state index contributed by atoms with van der Waals surface area (Å²) in [4.78, 5) is 26.7. The molecule has 0 spiro atoms. The van der Waals surface area contributed by atoms with Gasteiger partial charge in [-0.3, -0.25) is 4.79 Å². The van der Waals surface area contributed by atoms with E-state index in [9.17, 15) is 9.59 Å². The van der Waals surface area contributed by atoms with Crippen LogP contribution in [0.15, 0.2) is 48.5 Å². The van der Waals surface area contributed by atoms with Gasteiger partial charge >= 0.3 is 12.0 Å². The number of hydrogen-bond donors (Lipinski definition) is 1. The number of para-hydroxylation sites is 1. The van der Waals surface area contributed by atoms with Crippen LogP contribution in [0.25, 0.3) is 0 Å². The molecule has 5 nitrogen and oxygen atoms in total. The van der Waals surface area contributed by atoms with Crippen molar-refractivity contribution >= 4 is 29.3 Å². The van der Waals surface area contributed by atoms with Gasteiger partial charge in [0.05, 0.1) is 29.8 Å². The van der Waals surface area contributed by atoms with E-state index >= 15 is 0 Å². The smallest absolute Gasteiger partial charge is 0.322 e. The summed E-state index contributed by atoms with van der Waals surface area (Å²) in [5.41, 5.74) is 2.69. The molecule has 0 saturated heterocycles. The molecule has 0 saturated carbocycles. The summed E-state index contributed by atoms with van der Waals surface area (Å²) in [6.45, 7) is 2.62. The highest BCUT2D eigenvalue weighted by Crippen LogP contribution is 2.33. The lowest BCUT2D eigenvalue weighted by Crippen LogP contribution is -2.43. The van der Waals surface area contributed by atoms with Crippen LogP contribution in [-0.2, 0) is 16.0 Å². The van der Waals surface area contributed by atoms with Gasteiger partial charge in [0.1, 0.15) is 0 Å². The summed E-state index contributed by atoms with van der Waals surface area (Å²) in [7, 11) is 0. The van der Waals surface area contributed by atoms with Crippen molar-refractivity contribution in [3.63, 3.8) is 0 Å². The molecule has 136 valence electrons. The maximum atomic E-state index is 12.9. The number of ether oxygens (including phenoxy) is 1. The molecule has 1 heterocycles. The number of halogens is 1. The van der Waals surface area contributed by atoms with Crippen molar-refractivity contribution in [2.24, 2.45) is 0 Å². The van der Waals surface area contributed by atoms with E-state index in [2.05, 4.69) is 5.32 Å². The zero-order valence-electron chi connectivity index (χ0n) is 14.6. The van der Waals surface area contributed by atoms with Gasteiger partial charge in [-0.15, -0.1) is 0 Å². The number of carbonyl (C=O) groups excluding carboxylic acids is 2. The number of esters is 1. The first-order valence-electron chi connectivity index (χ1n) is 8.65. The highest BCUT2D eigenvalue weighted by atomic mass is 35.5. The van der Waals surface area contributed by atoms with E-state index in [1.54, 1.807) is 30.0 Å². The third kappa shape index (κ3) is 3.99. The van der Waals surface area contributed by atoms with Crippen molar-refractivity contribution in [1.82, 2.24) is 4.90 Å². The molecule has 1 aliphatic heterocycles. The van der Waals surface area contributed by atoms with Crippen molar-refractivity contribution in [3.8, 4) is 0 Å². The Bertz CT molecular complexity index is 809. The molecule has 0 aliphatic carbocycles. The molecule has 0 bridgehead atoms. The minimum atomic E-state index is -0.360. The molecular weight excluding hydrogens is 352 g/mol. The van der Waals surface area contributed by atoms with E-state index in [0.29, 0.717) is 23.9 Å². The predicted molar refractivity (Wildman–Crippen MR) is 101 cm³/mol. The standard InChI is InChI=1S/C20H21ClN2O3/c1-2-26-19(24)13-18-15-8-4-3-7-14(15)11-12-23(18)20(25)22-17-10-6-5-9-16(17)21/h3-10,18H,2,11-13H2,1H3,(H,22,25). The van der Waals surface area contributed by atoms with Crippen LogP contribution in [-0.4, -0.2) is 30.1 Å². The van der Waals surface area contributed by atoms with E-state index in [1.807, 2.05) is 30.3 Å². The van der Waals surface area contributed by atoms with E-state index in [1.165, 1.54) is 0 Å². The molecule has 1 unspecified atom stereocenters. The van der Waals surface area contributed by atoms with Gasteiger partial charge in [-0.25, -0.2) is 4.79 Å². The Labute approximate surface area is 157 Å². The molecule has 2 aromatic carbocycles.